The molecule has 0 bridgehead atoms. The molecule has 0 saturated heterocycles. The Hall–Kier alpha value is -3.23. The Labute approximate surface area is 217 Å². The van der Waals surface area contributed by atoms with E-state index in [1.165, 1.54) is 4.31 Å². The summed E-state index contributed by atoms with van der Waals surface area (Å²) in [4.78, 5) is 6.49. The number of fused-ring (bicyclic) bond motifs is 1. The van der Waals surface area contributed by atoms with Gasteiger partial charge in [-0.15, -0.1) is 0 Å². The smallest absolute Gasteiger partial charge is 0.264 e. The number of para-hydroxylation sites is 1. The molecule has 0 aliphatic carbocycles. The quantitative estimate of drug-likeness (QED) is 0.311. The van der Waals surface area contributed by atoms with E-state index in [9.17, 15) is 8.42 Å². The lowest BCUT2D eigenvalue weighted by Crippen LogP contribution is -2.36. The zero-order chi connectivity index (χ0) is 25.5. The molecule has 6 nitrogen and oxygen atoms in total. The number of nitrogens with zero attached hydrogens (tertiary/aromatic N) is 3. The Morgan fingerprint density at radius 2 is 1.78 bits per heavy atom. The third-order valence-corrected chi connectivity index (χ3v) is 7.96. The summed E-state index contributed by atoms with van der Waals surface area (Å²) in [6.45, 7) is 1.62. The zero-order valence-corrected chi connectivity index (χ0v) is 21.7. The monoisotopic (exact) mass is 520 g/mol. The van der Waals surface area contributed by atoms with Crippen LogP contribution >= 0.6 is 11.6 Å². The lowest BCUT2D eigenvalue weighted by atomic mass is 10.1. The Kier molecular flexibility index (Phi) is 8.38. The maximum absolute atomic E-state index is 13.9. The third-order valence-electron chi connectivity index (χ3n) is 5.84. The summed E-state index contributed by atoms with van der Waals surface area (Å²) in [7, 11) is -1.87. The summed E-state index contributed by atoms with van der Waals surface area (Å²) in [6.07, 6.45) is 7.39. The first-order valence-electron chi connectivity index (χ1n) is 11.6. The molecule has 0 unspecified atom stereocenters. The minimum absolute atomic E-state index is 0.168. The van der Waals surface area contributed by atoms with Crippen LogP contribution in [0.4, 0.5) is 5.69 Å². The van der Waals surface area contributed by atoms with Gasteiger partial charge in [0, 0.05) is 54.4 Å². The first kappa shape index (κ1) is 25.9. The predicted octanol–water partition coefficient (Wildman–Crippen LogP) is 5.19. The Morgan fingerprint density at radius 3 is 2.56 bits per heavy atom. The molecule has 8 heteroatoms. The van der Waals surface area contributed by atoms with Gasteiger partial charge in [-0.2, -0.15) is 0 Å². The molecule has 0 amide bonds. The second-order valence-electron chi connectivity index (χ2n) is 8.50. The number of likely N-dealkylation sites (N-methyl/N-ethyl adjacent to an activating group) is 1. The average molecular weight is 521 g/mol. The minimum atomic E-state index is -3.88. The van der Waals surface area contributed by atoms with Gasteiger partial charge >= 0.3 is 0 Å². The number of pyridine rings is 1. The van der Waals surface area contributed by atoms with E-state index < -0.39 is 10.0 Å². The van der Waals surface area contributed by atoms with Crippen molar-refractivity contribution in [2.45, 2.75) is 11.4 Å². The summed E-state index contributed by atoms with van der Waals surface area (Å²) in [5.41, 5.74) is 8.49. The van der Waals surface area contributed by atoms with Gasteiger partial charge < -0.3 is 5.73 Å². The number of nitrogens with two attached hydrogens (primary N) is 1. The van der Waals surface area contributed by atoms with E-state index in [4.69, 9.17) is 17.3 Å². The molecule has 0 spiro atoms. The summed E-state index contributed by atoms with van der Waals surface area (Å²) >= 11 is 5.96. The van der Waals surface area contributed by atoms with Gasteiger partial charge in [0.05, 0.1) is 10.6 Å². The van der Waals surface area contributed by atoms with Gasteiger partial charge in [-0.1, -0.05) is 66.2 Å². The van der Waals surface area contributed by atoms with Gasteiger partial charge in [-0.25, -0.2) is 8.42 Å². The fourth-order valence-electron chi connectivity index (χ4n) is 4.11. The van der Waals surface area contributed by atoms with Gasteiger partial charge in [0.15, 0.2) is 0 Å². The largest absolute Gasteiger partial charge is 0.329 e. The predicted molar refractivity (Wildman–Crippen MR) is 149 cm³/mol. The second-order valence-corrected chi connectivity index (χ2v) is 10.8. The molecule has 0 radical (unpaired) electrons. The lowest BCUT2D eigenvalue weighted by Gasteiger charge is -2.28. The van der Waals surface area contributed by atoms with Crippen molar-refractivity contribution in [1.82, 2.24) is 9.88 Å². The van der Waals surface area contributed by atoms with Crippen molar-refractivity contribution >= 4 is 44.2 Å². The highest BCUT2D eigenvalue weighted by Crippen LogP contribution is 2.31. The lowest BCUT2D eigenvalue weighted by molar-refractivity contribution is 0.364. The fraction of sp³-hybridized carbons (Fsp3) is 0.179. The van der Waals surface area contributed by atoms with Crippen molar-refractivity contribution < 1.29 is 8.42 Å². The van der Waals surface area contributed by atoms with Crippen molar-refractivity contribution in [3.05, 3.63) is 107 Å². The fourth-order valence-corrected chi connectivity index (χ4v) is 5.97. The summed E-state index contributed by atoms with van der Waals surface area (Å²) in [5.74, 6) is 0. The molecule has 2 N–H and O–H groups in total. The van der Waals surface area contributed by atoms with Crippen LogP contribution in [0.5, 0.6) is 0 Å². The van der Waals surface area contributed by atoms with Gasteiger partial charge in [-0.05, 0) is 48.5 Å². The van der Waals surface area contributed by atoms with Crippen LogP contribution in [0.3, 0.4) is 0 Å². The van der Waals surface area contributed by atoms with Crippen LogP contribution in [-0.4, -0.2) is 45.0 Å². The van der Waals surface area contributed by atoms with Crippen LogP contribution in [-0.2, 0) is 16.6 Å². The molecule has 0 saturated carbocycles. The molecular formula is C28H29ClN4O2S. The van der Waals surface area contributed by atoms with Gasteiger partial charge in [-0.3, -0.25) is 14.2 Å². The number of hydrogen-bond donors (Lipinski definition) is 1. The molecule has 0 aliphatic heterocycles. The minimum Gasteiger partial charge on any atom is -0.329 e. The van der Waals surface area contributed by atoms with Crippen LogP contribution in [0.15, 0.2) is 96.2 Å². The molecule has 0 aliphatic rings. The molecular weight excluding hydrogens is 492 g/mol. The number of hydrogen-bond acceptors (Lipinski definition) is 5. The molecule has 186 valence electrons. The van der Waals surface area contributed by atoms with Crippen LogP contribution in [0.2, 0.25) is 5.02 Å². The van der Waals surface area contributed by atoms with Gasteiger partial charge in [0.1, 0.15) is 0 Å². The van der Waals surface area contributed by atoms with E-state index >= 15 is 0 Å². The van der Waals surface area contributed by atoms with Crippen molar-refractivity contribution in [2.75, 3.05) is 31.0 Å². The summed E-state index contributed by atoms with van der Waals surface area (Å²) in [5, 5.41) is 2.11. The first-order valence-corrected chi connectivity index (χ1v) is 13.5. The molecule has 1 heterocycles. The first-order chi connectivity index (χ1) is 17.4. The number of aromatic nitrogens is 1. The van der Waals surface area contributed by atoms with Crippen LogP contribution in [0.25, 0.3) is 16.8 Å². The molecule has 0 atom stereocenters. The van der Waals surface area contributed by atoms with Gasteiger partial charge in [0.25, 0.3) is 10.0 Å². The van der Waals surface area contributed by atoms with Crippen LogP contribution in [0.1, 0.15) is 11.1 Å². The highest BCUT2D eigenvalue weighted by atomic mass is 35.5. The Balaban J connectivity index is 1.61. The highest BCUT2D eigenvalue weighted by Gasteiger charge is 2.28. The second kappa shape index (κ2) is 11.7. The van der Waals surface area contributed by atoms with Crippen LogP contribution < -0.4 is 10.0 Å². The summed E-state index contributed by atoms with van der Waals surface area (Å²) < 4.78 is 29.3. The Bertz CT molecular complexity index is 1450. The van der Waals surface area contributed by atoms with Gasteiger partial charge in [0.2, 0.25) is 0 Å². The normalized spacial score (nSPS) is 12.0. The number of sulfonamides is 1. The van der Waals surface area contributed by atoms with Crippen molar-refractivity contribution in [3.8, 4) is 0 Å². The molecule has 0 fully saturated rings. The Morgan fingerprint density at radius 1 is 1.00 bits per heavy atom. The SMILES string of the molecule is CN(C/C=C/c1ccc(Cl)cc1)Cc1ccccc1N(CCN)S(=O)(=O)c1cccc2cnccc12. The average Bonchev–Trinajstić information content (AvgIpc) is 2.88. The van der Waals surface area contributed by atoms with E-state index in [2.05, 4.69) is 16.0 Å². The maximum Gasteiger partial charge on any atom is 0.264 e. The standard InChI is InChI=1S/C28H29ClN4O2S/c1-32(18-5-6-22-11-13-25(29)14-12-22)21-24-7-2-3-9-27(24)33(19-16-30)36(34,35)28-10-4-8-23-20-31-17-15-26(23)28/h2-15,17,20H,16,18-19,21,30H2,1H3/b6-5+. The van der Waals surface area contributed by atoms with E-state index in [1.807, 2.05) is 67.7 Å². The van der Waals surface area contributed by atoms with Crippen molar-refractivity contribution in [3.63, 3.8) is 0 Å². The van der Waals surface area contributed by atoms with Crippen LogP contribution in [0, 0.1) is 0 Å². The summed E-state index contributed by atoms with van der Waals surface area (Å²) in [6, 6.07) is 22.2. The number of anilines is 1. The third kappa shape index (κ3) is 5.94. The number of halogens is 1. The maximum atomic E-state index is 13.9. The number of rotatable bonds is 10. The topological polar surface area (TPSA) is 79.5 Å². The van der Waals surface area contributed by atoms with E-state index in [0.717, 1.165) is 16.5 Å². The van der Waals surface area contributed by atoms with Crippen molar-refractivity contribution in [2.24, 2.45) is 5.73 Å². The highest BCUT2D eigenvalue weighted by molar-refractivity contribution is 7.93. The molecule has 4 aromatic rings. The van der Waals surface area contributed by atoms with E-state index in [1.54, 1.807) is 30.6 Å². The molecule has 1 aromatic heterocycles. The number of benzene rings is 3. The molecule has 4 rings (SSSR count). The molecule has 36 heavy (non-hydrogen) atoms. The van der Waals surface area contributed by atoms with E-state index in [-0.39, 0.29) is 18.0 Å². The molecule has 3 aromatic carbocycles. The van der Waals surface area contributed by atoms with Crippen molar-refractivity contribution in [1.29, 1.82) is 0 Å². The zero-order valence-electron chi connectivity index (χ0n) is 20.1. The van der Waals surface area contributed by atoms with E-state index in [0.29, 0.717) is 29.2 Å².